The van der Waals surface area contributed by atoms with Crippen LogP contribution in [0.1, 0.15) is 20.3 Å². The molecule has 0 unspecified atom stereocenters. The van der Waals surface area contributed by atoms with E-state index in [0.717, 1.165) is 0 Å². The van der Waals surface area contributed by atoms with E-state index in [-0.39, 0.29) is 24.2 Å². The molecule has 0 aliphatic rings. The van der Waals surface area contributed by atoms with Gasteiger partial charge in [-0.1, -0.05) is 13.8 Å². The van der Waals surface area contributed by atoms with Crippen molar-refractivity contribution < 1.29 is 9.90 Å². The van der Waals surface area contributed by atoms with E-state index in [2.05, 4.69) is 0 Å². The van der Waals surface area contributed by atoms with Gasteiger partial charge >= 0.3 is 5.97 Å². The Bertz CT molecular complexity index is 114. The lowest BCUT2D eigenvalue weighted by atomic mass is 9.90. The SMILES string of the molecule is CC(C)(CN)CC(=O)O.Cl. The van der Waals surface area contributed by atoms with Crippen molar-refractivity contribution in [3.63, 3.8) is 0 Å². The number of hydrogen-bond acceptors (Lipinski definition) is 2. The van der Waals surface area contributed by atoms with Crippen LogP contribution in [-0.2, 0) is 4.79 Å². The lowest BCUT2D eigenvalue weighted by Gasteiger charge is -2.18. The summed E-state index contributed by atoms with van der Waals surface area (Å²) in [5.74, 6) is -0.787. The van der Waals surface area contributed by atoms with Crippen LogP contribution in [0.15, 0.2) is 0 Å². The summed E-state index contributed by atoms with van der Waals surface area (Å²) < 4.78 is 0. The molecule has 0 bridgehead atoms. The summed E-state index contributed by atoms with van der Waals surface area (Å²) in [6, 6.07) is 0. The number of rotatable bonds is 3. The second-order valence-corrected chi connectivity index (χ2v) is 2.94. The molecule has 0 rings (SSSR count). The summed E-state index contributed by atoms with van der Waals surface area (Å²) in [6.45, 7) is 4.08. The molecule has 0 saturated carbocycles. The smallest absolute Gasteiger partial charge is 0.303 e. The lowest BCUT2D eigenvalue weighted by Crippen LogP contribution is -2.26. The Labute approximate surface area is 67.0 Å². The van der Waals surface area contributed by atoms with Crippen LogP contribution in [0.3, 0.4) is 0 Å². The van der Waals surface area contributed by atoms with E-state index in [0.29, 0.717) is 6.54 Å². The Kier molecular flexibility index (Phi) is 5.61. The highest BCUT2D eigenvalue weighted by atomic mass is 35.5. The van der Waals surface area contributed by atoms with Crippen molar-refractivity contribution in [3.8, 4) is 0 Å². The second kappa shape index (κ2) is 4.52. The van der Waals surface area contributed by atoms with Crippen molar-refractivity contribution in [2.75, 3.05) is 6.54 Å². The third-order valence-electron chi connectivity index (χ3n) is 1.18. The summed E-state index contributed by atoms with van der Waals surface area (Å²) in [5.41, 5.74) is 5.03. The first-order valence-corrected chi connectivity index (χ1v) is 2.90. The van der Waals surface area contributed by atoms with Gasteiger partial charge in [0, 0.05) is 0 Å². The first kappa shape index (κ1) is 12.4. The molecule has 0 heterocycles. The first-order valence-electron chi connectivity index (χ1n) is 2.90. The molecule has 0 atom stereocenters. The van der Waals surface area contributed by atoms with E-state index in [4.69, 9.17) is 10.8 Å². The van der Waals surface area contributed by atoms with Crippen LogP contribution in [0.25, 0.3) is 0 Å². The maximum atomic E-state index is 10.1. The fourth-order valence-electron chi connectivity index (χ4n) is 0.482. The summed E-state index contributed by atoms with van der Waals surface area (Å²) in [4.78, 5) is 10.1. The van der Waals surface area contributed by atoms with E-state index < -0.39 is 5.97 Å². The van der Waals surface area contributed by atoms with Gasteiger partial charge in [0.25, 0.3) is 0 Å². The highest BCUT2D eigenvalue weighted by Crippen LogP contribution is 2.16. The van der Waals surface area contributed by atoms with Gasteiger partial charge in [0.05, 0.1) is 6.42 Å². The predicted octanol–water partition coefficient (Wildman–Crippen LogP) is 0.868. The molecule has 0 radical (unpaired) electrons. The molecule has 3 nitrogen and oxygen atoms in total. The number of aliphatic carboxylic acids is 1. The molecule has 0 saturated heterocycles. The second-order valence-electron chi connectivity index (χ2n) is 2.94. The van der Waals surface area contributed by atoms with Gasteiger partial charge in [-0.05, 0) is 12.0 Å². The fraction of sp³-hybridized carbons (Fsp3) is 0.833. The molecule has 3 N–H and O–H groups in total. The van der Waals surface area contributed by atoms with Gasteiger partial charge in [0.1, 0.15) is 0 Å². The van der Waals surface area contributed by atoms with E-state index in [1.165, 1.54) is 0 Å². The maximum Gasteiger partial charge on any atom is 0.303 e. The average Bonchev–Trinajstić information content (AvgIpc) is 1.63. The van der Waals surface area contributed by atoms with E-state index in [1.807, 2.05) is 13.8 Å². The van der Waals surface area contributed by atoms with Gasteiger partial charge in [-0.2, -0.15) is 0 Å². The van der Waals surface area contributed by atoms with Crippen molar-refractivity contribution in [2.45, 2.75) is 20.3 Å². The van der Waals surface area contributed by atoms with Crippen LogP contribution >= 0.6 is 12.4 Å². The first-order chi connectivity index (χ1) is 3.98. The van der Waals surface area contributed by atoms with Crippen molar-refractivity contribution >= 4 is 18.4 Å². The Morgan fingerprint density at radius 2 is 2.00 bits per heavy atom. The minimum atomic E-state index is -0.787. The van der Waals surface area contributed by atoms with Crippen LogP contribution in [0, 0.1) is 5.41 Å². The van der Waals surface area contributed by atoms with Crippen molar-refractivity contribution in [2.24, 2.45) is 11.1 Å². The van der Waals surface area contributed by atoms with E-state index in [9.17, 15) is 4.79 Å². The molecule has 10 heavy (non-hydrogen) atoms. The maximum absolute atomic E-state index is 10.1. The molecule has 0 aromatic rings. The van der Waals surface area contributed by atoms with Crippen LogP contribution in [0.5, 0.6) is 0 Å². The molecular formula is C6H14ClNO2. The molecule has 0 aliphatic carbocycles. The van der Waals surface area contributed by atoms with Crippen molar-refractivity contribution in [1.29, 1.82) is 0 Å². The molecule has 0 aromatic heterocycles. The largest absolute Gasteiger partial charge is 0.481 e. The number of carboxylic acids is 1. The predicted molar refractivity (Wildman–Crippen MR) is 42.3 cm³/mol. The average molecular weight is 168 g/mol. The molecule has 0 spiro atoms. The molecular weight excluding hydrogens is 154 g/mol. The summed E-state index contributed by atoms with van der Waals surface area (Å²) in [5, 5.41) is 8.32. The molecule has 4 heteroatoms. The number of carbonyl (C=O) groups is 1. The van der Waals surface area contributed by atoms with Crippen LogP contribution in [-0.4, -0.2) is 17.6 Å². The number of nitrogens with two attached hydrogens (primary N) is 1. The van der Waals surface area contributed by atoms with Crippen LogP contribution in [0.4, 0.5) is 0 Å². The highest BCUT2D eigenvalue weighted by molar-refractivity contribution is 5.85. The van der Waals surface area contributed by atoms with Gasteiger partial charge in [-0.3, -0.25) is 4.79 Å². The minimum Gasteiger partial charge on any atom is -0.481 e. The quantitative estimate of drug-likeness (QED) is 0.656. The van der Waals surface area contributed by atoms with E-state index in [1.54, 1.807) is 0 Å². The van der Waals surface area contributed by atoms with Crippen LogP contribution < -0.4 is 5.73 Å². The number of hydrogen-bond donors (Lipinski definition) is 2. The Balaban J connectivity index is 0. The minimum absolute atomic E-state index is 0. The van der Waals surface area contributed by atoms with Gasteiger partial charge in [0.2, 0.25) is 0 Å². The van der Waals surface area contributed by atoms with Crippen molar-refractivity contribution in [3.05, 3.63) is 0 Å². The highest BCUT2D eigenvalue weighted by Gasteiger charge is 2.18. The van der Waals surface area contributed by atoms with Gasteiger partial charge in [-0.15, -0.1) is 12.4 Å². The van der Waals surface area contributed by atoms with Gasteiger partial charge < -0.3 is 10.8 Å². The zero-order valence-electron chi connectivity index (χ0n) is 6.26. The summed E-state index contributed by atoms with van der Waals surface area (Å²) >= 11 is 0. The molecule has 0 amide bonds. The normalized spacial score (nSPS) is 10.3. The van der Waals surface area contributed by atoms with Gasteiger partial charge in [0.15, 0.2) is 0 Å². The molecule has 62 valence electrons. The fourth-order valence-corrected chi connectivity index (χ4v) is 0.482. The third kappa shape index (κ3) is 5.85. The molecule has 0 aliphatic heterocycles. The number of carboxylic acid groups (broad SMARTS) is 1. The molecule has 0 aromatic carbocycles. The standard InChI is InChI=1S/C6H13NO2.ClH/c1-6(2,4-7)3-5(8)9;/h3-4,7H2,1-2H3,(H,8,9);1H. The summed E-state index contributed by atoms with van der Waals surface area (Å²) in [6.07, 6.45) is 0.142. The zero-order valence-corrected chi connectivity index (χ0v) is 7.07. The Hall–Kier alpha value is -0.280. The zero-order chi connectivity index (χ0) is 7.49. The third-order valence-corrected chi connectivity index (χ3v) is 1.18. The lowest BCUT2D eigenvalue weighted by molar-refractivity contribution is -0.139. The Morgan fingerprint density at radius 1 is 1.60 bits per heavy atom. The van der Waals surface area contributed by atoms with Crippen LogP contribution in [0.2, 0.25) is 0 Å². The van der Waals surface area contributed by atoms with Crippen molar-refractivity contribution in [1.82, 2.24) is 0 Å². The van der Waals surface area contributed by atoms with Gasteiger partial charge in [-0.25, -0.2) is 0 Å². The molecule has 0 fully saturated rings. The Morgan fingerprint density at radius 3 is 2.10 bits per heavy atom. The van der Waals surface area contributed by atoms with E-state index >= 15 is 0 Å². The summed E-state index contributed by atoms with van der Waals surface area (Å²) in [7, 11) is 0. The topological polar surface area (TPSA) is 63.3 Å². The number of halogens is 1. The monoisotopic (exact) mass is 167 g/mol.